The fourth-order valence-electron chi connectivity index (χ4n) is 2.39. The molecule has 5 nitrogen and oxygen atoms in total. The van der Waals surface area contributed by atoms with E-state index in [0.717, 1.165) is 19.6 Å². The molecule has 1 aliphatic heterocycles. The van der Waals surface area contributed by atoms with E-state index >= 15 is 0 Å². The number of morpholine rings is 1. The van der Waals surface area contributed by atoms with Crippen molar-refractivity contribution in [2.24, 2.45) is 5.73 Å². The molecule has 0 aromatic rings. The highest BCUT2D eigenvalue weighted by atomic mass is 16.5. The van der Waals surface area contributed by atoms with Crippen molar-refractivity contribution >= 4 is 5.91 Å². The summed E-state index contributed by atoms with van der Waals surface area (Å²) in [4.78, 5) is 16.3. The van der Waals surface area contributed by atoms with Crippen molar-refractivity contribution in [3.8, 4) is 0 Å². The van der Waals surface area contributed by atoms with E-state index in [1.807, 2.05) is 4.90 Å². The van der Waals surface area contributed by atoms with Gasteiger partial charge < -0.3 is 15.4 Å². The van der Waals surface area contributed by atoms with Gasteiger partial charge in [0.25, 0.3) is 0 Å². The average molecular weight is 241 g/mol. The highest BCUT2D eigenvalue weighted by molar-refractivity contribution is 5.78. The quantitative estimate of drug-likeness (QED) is 0.715. The van der Waals surface area contributed by atoms with Crippen molar-refractivity contribution < 1.29 is 9.53 Å². The summed E-state index contributed by atoms with van der Waals surface area (Å²) in [6.45, 7) is 4.81. The van der Waals surface area contributed by atoms with E-state index in [4.69, 9.17) is 10.5 Å². The molecule has 1 aliphatic carbocycles. The summed E-state index contributed by atoms with van der Waals surface area (Å²) in [6, 6.07) is 0.587. The normalized spacial score (nSPS) is 21.6. The van der Waals surface area contributed by atoms with Crippen molar-refractivity contribution in [1.82, 2.24) is 9.80 Å². The lowest BCUT2D eigenvalue weighted by Gasteiger charge is -2.38. The van der Waals surface area contributed by atoms with Gasteiger partial charge in [-0.25, -0.2) is 0 Å². The molecule has 2 aliphatic rings. The molecule has 98 valence electrons. The Morgan fingerprint density at radius 2 is 2.06 bits per heavy atom. The van der Waals surface area contributed by atoms with Gasteiger partial charge in [-0.05, 0) is 12.8 Å². The summed E-state index contributed by atoms with van der Waals surface area (Å²) in [5.74, 6) is 0.230. The third-order valence-electron chi connectivity index (χ3n) is 3.71. The third kappa shape index (κ3) is 3.40. The van der Waals surface area contributed by atoms with Crippen LogP contribution < -0.4 is 5.73 Å². The molecule has 1 amide bonds. The van der Waals surface area contributed by atoms with Gasteiger partial charge in [0, 0.05) is 32.2 Å². The number of ether oxygens (including phenoxy) is 1. The Balaban J connectivity index is 1.80. The Morgan fingerprint density at radius 3 is 2.59 bits per heavy atom. The number of nitrogens with two attached hydrogens (primary N) is 1. The van der Waals surface area contributed by atoms with Gasteiger partial charge >= 0.3 is 0 Å². The summed E-state index contributed by atoms with van der Waals surface area (Å²) in [6.07, 6.45) is 3.73. The molecular formula is C12H23N3O2. The Morgan fingerprint density at radius 1 is 1.35 bits per heavy atom. The zero-order chi connectivity index (χ0) is 12.1. The smallest absolute Gasteiger partial charge is 0.236 e. The second kappa shape index (κ2) is 6.33. The predicted molar refractivity (Wildman–Crippen MR) is 65.7 cm³/mol. The summed E-state index contributed by atoms with van der Waals surface area (Å²) in [7, 11) is 0. The number of nitrogens with zero attached hydrogens (tertiary/aromatic N) is 2. The monoisotopic (exact) mass is 241 g/mol. The standard InChI is InChI=1S/C12H23N3O2/c13-4-5-15(11-2-1-3-11)10-12(16)14-6-8-17-9-7-14/h11H,1-10,13H2. The molecule has 0 unspecified atom stereocenters. The molecule has 0 bridgehead atoms. The Bertz CT molecular complexity index is 250. The lowest BCUT2D eigenvalue weighted by atomic mass is 9.91. The zero-order valence-corrected chi connectivity index (χ0v) is 10.4. The van der Waals surface area contributed by atoms with Gasteiger partial charge in [-0.2, -0.15) is 0 Å². The highest BCUT2D eigenvalue weighted by Crippen LogP contribution is 2.24. The first-order chi connectivity index (χ1) is 8.31. The van der Waals surface area contributed by atoms with Crippen LogP contribution in [0.2, 0.25) is 0 Å². The van der Waals surface area contributed by atoms with Crippen LogP contribution >= 0.6 is 0 Å². The third-order valence-corrected chi connectivity index (χ3v) is 3.71. The number of carbonyl (C=O) groups excluding carboxylic acids is 1. The van der Waals surface area contributed by atoms with Gasteiger partial charge in [0.05, 0.1) is 19.8 Å². The Kier molecular flexibility index (Phi) is 4.76. The lowest BCUT2D eigenvalue weighted by Crippen LogP contribution is -2.50. The minimum Gasteiger partial charge on any atom is -0.378 e. The van der Waals surface area contributed by atoms with Crippen molar-refractivity contribution in [2.45, 2.75) is 25.3 Å². The first-order valence-corrected chi connectivity index (χ1v) is 6.61. The minimum absolute atomic E-state index is 0.230. The Hall–Kier alpha value is -0.650. The molecule has 0 atom stereocenters. The van der Waals surface area contributed by atoms with Gasteiger partial charge in [-0.15, -0.1) is 0 Å². The fraction of sp³-hybridized carbons (Fsp3) is 0.917. The van der Waals surface area contributed by atoms with Gasteiger partial charge in [-0.3, -0.25) is 9.69 Å². The first-order valence-electron chi connectivity index (χ1n) is 6.61. The topological polar surface area (TPSA) is 58.8 Å². The number of hydrogen-bond donors (Lipinski definition) is 1. The molecule has 0 spiro atoms. The van der Waals surface area contributed by atoms with Gasteiger partial charge in [0.15, 0.2) is 0 Å². The van der Waals surface area contributed by atoms with Crippen molar-refractivity contribution in [3.63, 3.8) is 0 Å². The van der Waals surface area contributed by atoms with E-state index in [1.165, 1.54) is 19.3 Å². The van der Waals surface area contributed by atoms with Gasteiger partial charge in [0.2, 0.25) is 5.91 Å². The second-order valence-electron chi connectivity index (χ2n) is 4.84. The number of hydrogen-bond acceptors (Lipinski definition) is 4. The predicted octanol–water partition coefficient (Wildman–Crippen LogP) is -0.342. The molecule has 2 N–H and O–H groups in total. The molecule has 1 saturated carbocycles. The number of rotatable bonds is 5. The maximum absolute atomic E-state index is 12.1. The molecule has 1 heterocycles. The minimum atomic E-state index is 0.230. The van der Waals surface area contributed by atoms with Crippen LogP contribution in [0.15, 0.2) is 0 Å². The molecule has 2 fully saturated rings. The highest BCUT2D eigenvalue weighted by Gasteiger charge is 2.27. The molecule has 1 saturated heterocycles. The van der Waals surface area contributed by atoms with Crippen LogP contribution in [0, 0.1) is 0 Å². The average Bonchev–Trinajstić information content (AvgIpc) is 2.28. The summed E-state index contributed by atoms with van der Waals surface area (Å²) < 4.78 is 5.25. The van der Waals surface area contributed by atoms with Crippen molar-refractivity contribution in [3.05, 3.63) is 0 Å². The molecule has 0 radical (unpaired) electrons. The maximum atomic E-state index is 12.1. The van der Waals surface area contributed by atoms with Crippen LogP contribution in [0.1, 0.15) is 19.3 Å². The molecule has 0 aromatic heterocycles. The Labute approximate surface area is 103 Å². The largest absolute Gasteiger partial charge is 0.378 e. The van der Waals surface area contributed by atoms with Gasteiger partial charge in [-0.1, -0.05) is 6.42 Å². The van der Waals surface area contributed by atoms with Crippen LogP contribution in [0.25, 0.3) is 0 Å². The zero-order valence-electron chi connectivity index (χ0n) is 10.4. The number of amides is 1. The van der Waals surface area contributed by atoms with Crippen LogP contribution in [0.5, 0.6) is 0 Å². The van der Waals surface area contributed by atoms with E-state index in [-0.39, 0.29) is 5.91 Å². The molecular weight excluding hydrogens is 218 g/mol. The SMILES string of the molecule is NCCN(CC(=O)N1CCOCC1)C1CCC1. The van der Waals surface area contributed by atoms with Crippen LogP contribution in [0.3, 0.4) is 0 Å². The van der Waals surface area contributed by atoms with Gasteiger partial charge in [0.1, 0.15) is 0 Å². The summed E-state index contributed by atoms with van der Waals surface area (Å²) >= 11 is 0. The van der Waals surface area contributed by atoms with Crippen LogP contribution in [0.4, 0.5) is 0 Å². The fourth-order valence-corrected chi connectivity index (χ4v) is 2.39. The van der Waals surface area contributed by atoms with Crippen molar-refractivity contribution in [2.75, 3.05) is 45.9 Å². The molecule has 5 heteroatoms. The van der Waals surface area contributed by atoms with E-state index < -0.39 is 0 Å². The number of carbonyl (C=O) groups is 1. The summed E-state index contributed by atoms with van der Waals surface area (Å²) in [5.41, 5.74) is 5.61. The van der Waals surface area contributed by atoms with E-state index in [9.17, 15) is 4.79 Å². The van der Waals surface area contributed by atoms with Crippen LogP contribution in [-0.4, -0.2) is 67.7 Å². The second-order valence-corrected chi connectivity index (χ2v) is 4.84. The first kappa shape index (κ1) is 12.8. The summed E-state index contributed by atoms with van der Waals surface area (Å²) in [5, 5.41) is 0. The molecule has 0 aromatic carbocycles. The van der Waals surface area contributed by atoms with E-state index in [2.05, 4.69) is 4.90 Å². The van der Waals surface area contributed by atoms with Crippen LogP contribution in [-0.2, 0) is 9.53 Å². The van der Waals surface area contributed by atoms with E-state index in [1.54, 1.807) is 0 Å². The van der Waals surface area contributed by atoms with Crippen molar-refractivity contribution in [1.29, 1.82) is 0 Å². The molecule has 2 rings (SSSR count). The lowest BCUT2D eigenvalue weighted by molar-refractivity contribution is -0.137. The molecule has 17 heavy (non-hydrogen) atoms. The maximum Gasteiger partial charge on any atom is 0.236 e. The van der Waals surface area contributed by atoms with E-state index in [0.29, 0.717) is 32.3 Å².